The van der Waals surface area contributed by atoms with E-state index < -0.39 is 0 Å². The highest BCUT2D eigenvalue weighted by atomic mass is 16.5. The molecule has 0 aromatic carbocycles. The molecule has 5 nitrogen and oxygen atoms in total. The van der Waals surface area contributed by atoms with Gasteiger partial charge in [-0.2, -0.15) is 0 Å². The van der Waals surface area contributed by atoms with E-state index in [-0.39, 0.29) is 18.1 Å². The third-order valence-electron chi connectivity index (χ3n) is 3.11. The van der Waals surface area contributed by atoms with Crippen LogP contribution in [0.2, 0.25) is 0 Å². The highest BCUT2D eigenvalue weighted by Crippen LogP contribution is 2.07. The van der Waals surface area contributed by atoms with E-state index in [1.165, 1.54) is 0 Å². The summed E-state index contributed by atoms with van der Waals surface area (Å²) in [6, 6.07) is 0. The van der Waals surface area contributed by atoms with Crippen LogP contribution < -0.4 is 0 Å². The highest BCUT2D eigenvalue weighted by molar-refractivity contribution is 5.76. The molecule has 1 amide bonds. The molecular weight excluding hydrogens is 220 g/mol. The van der Waals surface area contributed by atoms with Crippen LogP contribution in [-0.2, 0) is 9.53 Å². The van der Waals surface area contributed by atoms with E-state index in [0.29, 0.717) is 13.0 Å². The van der Waals surface area contributed by atoms with Gasteiger partial charge >= 0.3 is 0 Å². The minimum atomic E-state index is -0.300. The van der Waals surface area contributed by atoms with Crippen LogP contribution in [0.1, 0.15) is 20.3 Å². The minimum Gasteiger partial charge on any atom is -0.392 e. The maximum Gasteiger partial charge on any atom is 0.225 e. The molecule has 1 N–H and O–H groups in total. The summed E-state index contributed by atoms with van der Waals surface area (Å²) in [4.78, 5) is 15.9. The molecule has 0 aromatic heterocycles. The number of hydrogen-bond donors (Lipinski definition) is 1. The Kier molecular flexibility index (Phi) is 5.88. The fraction of sp³-hybridized carbons (Fsp3) is 0.917. The van der Waals surface area contributed by atoms with Gasteiger partial charge in [-0.05, 0) is 13.8 Å². The monoisotopic (exact) mass is 244 g/mol. The fourth-order valence-corrected chi connectivity index (χ4v) is 2.01. The summed E-state index contributed by atoms with van der Waals surface area (Å²) >= 11 is 0. The summed E-state index contributed by atoms with van der Waals surface area (Å²) < 4.78 is 5.09. The van der Waals surface area contributed by atoms with E-state index in [1.54, 1.807) is 14.0 Å². The summed E-state index contributed by atoms with van der Waals surface area (Å²) in [6.07, 6.45) is 0.135. The predicted octanol–water partition coefficient (Wildman–Crippen LogP) is -0.0636. The Morgan fingerprint density at radius 2 is 1.88 bits per heavy atom. The molecule has 1 aliphatic heterocycles. The summed E-state index contributed by atoms with van der Waals surface area (Å²) in [7, 11) is 1.62. The summed E-state index contributed by atoms with van der Waals surface area (Å²) in [6.45, 7) is 7.58. The Morgan fingerprint density at radius 3 is 2.35 bits per heavy atom. The molecule has 1 saturated heterocycles. The molecule has 1 fully saturated rings. The number of aliphatic hydroxyl groups is 1. The van der Waals surface area contributed by atoms with Crippen molar-refractivity contribution in [2.75, 3.05) is 39.8 Å². The number of aliphatic hydroxyl groups excluding tert-OH is 1. The number of ether oxygens (including phenoxy) is 1. The second kappa shape index (κ2) is 6.93. The molecule has 0 spiro atoms. The molecule has 1 aliphatic rings. The van der Waals surface area contributed by atoms with Gasteiger partial charge in [-0.3, -0.25) is 9.69 Å². The van der Waals surface area contributed by atoms with Gasteiger partial charge < -0.3 is 14.7 Å². The predicted molar refractivity (Wildman–Crippen MR) is 65.8 cm³/mol. The van der Waals surface area contributed by atoms with Crippen LogP contribution in [0.3, 0.4) is 0 Å². The Labute approximate surface area is 103 Å². The number of hydrogen-bond acceptors (Lipinski definition) is 4. The molecule has 0 aliphatic carbocycles. The van der Waals surface area contributed by atoms with Crippen molar-refractivity contribution in [3.63, 3.8) is 0 Å². The van der Waals surface area contributed by atoms with E-state index in [0.717, 1.165) is 26.2 Å². The van der Waals surface area contributed by atoms with Gasteiger partial charge in [0.2, 0.25) is 5.91 Å². The van der Waals surface area contributed by atoms with Crippen LogP contribution in [0, 0.1) is 0 Å². The lowest BCUT2D eigenvalue weighted by Crippen LogP contribution is -2.50. The molecule has 0 saturated carbocycles. The maximum absolute atomic E-state index is 11.9. The molecule has 1 rings (SSSR count). The molecule has 0 bridgehead atoms. The van der Waals surface area contributed by atoms with Crippen molar-refractivity contribution in [1.29, 1.82) is 0 Å². The third-order valence-corrected chi connectivity index (χ3v) is 3.11. The molecule has 17 heavy (non-hydrogen) atoms. The average molecular weight is 244 g/mol. The first-order valence-corrected chi connectivity index (χ1v) is 6.24. The van der Waals surface area contributed by atoms with Crippen LogP contribution in [0.25, 0.3) is 0 Å². The van der Waals surface area contributed by atoms with Gasteiger partial charge in [0.05, 0.1) is 18.6 Å². The first-order chi connectivity index (χ1) is 8.02. The van der Waals surface area contributed by atoms with E-state index in [4.69, 9.17) is 4.74 Å². The van der Waals surface area contributed by atoms with Crippen LogP contribution in [-0.4, -0.2) is 72.9 Å². The number of carbonyl (C=O) groups is 1. The zero-order valence-corrected chi connectivity index (χ0v) is 11.1. The van der Waals surface area contributed by atoms with E-state index in [9.17, 15) is 9.90 Å². The van der Waals surface area contributed by atoms with Crippen LogP contribution in [0.4, 0.5) is 0 Å². The number of nitrogens with zero attached hydrogens (tertiary/aromatic N) is 2. The zero-order chi connectivity index (χ0) is 12.8. The summed E-state index contributed by atoms with van der Waals surface area (Å²) in [5, 5.41) is 9.29. The van der Waals surface area contributed by atoms with Gasteiger partial charge in [0, 0.05) is 39.8 Å². The van der Waals surface area contributed by atoms with Crippen LogP contribution >= 0.6 is 0 Å². The van der Waals surface area contributed by atoms with Crippen molar-refractivity contribution in [1.82, 2.24) is 9.80 Å². The summed E-state index contributed by atoms with van der Waals surface area (Å²) in [5.74, 6) is 0.163. The Hall–Kier alpha value is -0.650. The topological polar surface area (TPSA) is 53.0 Å². The Bertz CT molecular complexity index is 238. The first kappa shape index (κ1) is 14.4. The minimum absolute atomic E-state index is 0.0157. The SMILES string of the molecule is CO[C@@H](C)CC(=O)N1CCN(C[C@@H](C)O)CC1. The first-order valence-electron chi connectivity index (χ1n) is 6.24. The second-order valence-corrected chi connectivity index (χ2v) is 4.78. The average Bonchev–Trinajstić information content (AvgIpc) is 2.28. The maximum atomic E-state index is 11.9. The number of β-amino-alcohol motifs (C(OH)–C–C–N with tert-alkyl or cyclic N) is 1. The molecule has 2 atom stereocenters. The third kappa shape index (κ3) is 5.02. The number of methoxy groups -OCH3 is 1. The highest BCUT2D eigenvalue weighted by Gasteiger charge is 2.22. The Balaban J connectivity index is 2.28. The quantitative estimate of drug-likeness (QED) is 0.736. The second-order valence-electron chi connectivity index (χ2n) is 4.78. The smallest absolute Gasteiger partial charge is 0.225 e. The molecule has 100 valence electrons. The van der Waals surface area contributed by atoms with Crippen molar-refractivity contribution in [2.24, 2.45) is 0 Å². The largest absolute Gasteiger partial charge is 0.392 e. The van der Waals surface area contributed by atoms with Crippen LogP contribution in [0.5, 0.6) is 0 Å². The van der Waals surface area contributed by atoms with Gasteiger partial charge in [-0.25, -0.2) is 0 Å². The fourth-order valence-electron chi connectivity index (χ4n) is 2.01. The van der Waals surface area contributed by atoms with Gasteiger partial charge in [-0.15, -0.1) is 0 Å². The van der Waals surface area contributed by atoms with Crippen molar-refractivity contribution in [2.45, 2.75) is 32.5 Å². The summed E-state index contributed by atoms with van der Waals surface area (Å²) in [5.41, 5.74) is 0. The van der Waals surface area contributed by atoms with Crippen molar-refractivity contribution < 1.29 is 14.6 Å². The molecule has 0 aromatic rings. The van der Waals surface area contributed by atoms with Gasteiger partial charge in [-0.1, -0.05) is 0 Å². The number of rotatable bonds is 5. The van der Waals surface area contributed by atoms with E-state index in [1.807, 2.05) is 11.8 Å². The normalized spacial score (nSPS) is 21.3. The molecule has 5 heteroatoms. The van der Waals surface area contributed by atoms with E-state index >= 15 is 0 Å². The number of amides is 1. The standard InChI is InChI=1S/C12H24N2O3/c1-10(15)9-13-4-6-14(7-5-13)12(16)8-11(2)17-3/h10-11,15H,4-9H2,1-3H3/t10-,11+/m1/s1. The lowest BCUT2D eigenvalue weighted by atomic mass is 10.2. The van der Waals surface area contributed by atoms with E-state index in [2.05, 4.69) is 4.90 Å². The zero-order valence-electron chi connectivity index (χ0n) is 11.1. The lowest BCUT2D eigenvalue weighted by Gasteiger charge is -2.35. The number of carbonyl (C=O) groups excluding carboxylic acids is 1. The lowest BCUT2D eigenvalue weighted by molar-refractivity contribution is -0.135. The van der Waals surface area contributed by atoms with Gasteiger partial charge in [0.15, 0.2) is 0 Å². The van der Waals surface area contributed by atoms with Crippen molar-refractivity contribution in [3.05, 3.63) is 0 Å². The Morgan fingerprint density at radius 1 is 1.29 bits per heavy atom. The molecular formula is C12H24N2O3. The molecule has 1 heterocycles. The van der Waals surface area contributed by atoms with Crippen molar-refractivity contribution in [3.8, 4) is 0 Å². The molecule has 0 radical (unpaired) electrons. The van der Waals surface area contributed by atoms with Gasteiger partial charge in [0.25, 0.3) is 0 Å². The molecule has 0 unspecified atom stereocenters. The number of piperazine rings is 1. The van der Waals surface area contributed by atoms with Crippen molar-refractivity contribution >= 4 is 5.91 Å². The van der Waals surface area contributed by atoms with Gasteiger partial charge in [0.1, 0.15) is 0 Å². The van der Waals surface area contributed by atoms with Crippen LogP contribution in [0.15, 0.2) is 0 Å².